The van der Waals surface area contributed by atoms with Crippen LogP contribution in [0.1, 0.15) is 27.0 Å². The highest BCUT2D eigenvalue weighted by atomic mass is 32.2. The normalized spacial score (nSPS) is 12.6. The fourth-order valence-electron chi connectivity index (χ4n) is 6.29. The third-order valence-electron chi connectivity index (χ3n) is 9.50. The van der Waals surface area contributed by atoms with Crippen molar-refractivity contribution in [3.8, 4) is 11.4 Å². The van der Waals surface area contributed by atoms with Gasteiger partial charge in [0.15, 0.2) is 5.75 Å². The summed E-state index contributed by atoms with van der Waals surface area (Å²) in [6.07, 6.45) is 0.422. The van der Waals surface area contributed by atoms with Crippen molar-refractivity contribution in [3.05, 3.63) is 107 Å². The molecule has 0 fully saturated rings. The summed E-state index contributed by atoms with van der Waals surface area (Å²) < 4.78 is 102. The van der Waals surface area contributed by atoms with Crippen molar-refractivity contribution in [2.24, 2.45) is 30.7 Å². The predicted molar refractivity (Wildman–Crippen MR) is 230 cm³/mol. The minimum absolute atomic E-state index is 0.0606. The van der Waals surface area contributed by atoms with E-state index >= 15 is 0 Å². The number of carbonyl (C=O) groups is 2. The van der Waals surface area contributed by atoms with E-state index in [9.17, 15) is 58.7 Å². The summed E-state index contributed by atoms with van der Waals surface area (Å²) in [6, 6.07) is 17.9. The van der Waals surface area contributed by atoms with Gasteiger partial charge in [-0.2, -0.15) is 45.7 Å². The number of nitrogens with one attached hydrogen (secondary N) is 1. The average molecular weight is 943 g/mol. The van der Waals surface area contributed by atoms with Gasteiger partial charge in [-0.1, -0.05) is 0 Å². The molecule has 6 N–H and O–H groups in total. The van der Waals surface area contributed by atoms with Gasteiger partial charge in [0.05, 0.1) is 33.2 Å². The van der Waals surface area contributed by atoms with Crippen LogP contribution in [0.3, 0.4) is 0 Å². The summed E-state index contributed by atoms with van der Waals surface area (Å²) in [4.78, 5) is 21.4. The number of azo groups is 3. The number of carboxylic acids is 1. The summed E-state index contributed by atoms with van der Waals surface area (Å²) in [6.45, 7) is 5.04. The number of amides is 1. The van der Waals surface area contributed by atoms with Gasteiger partial charge in [-0.25, -0.2) is 4.79 Å². The highest BCUT2D eigenvalue weighted by Gasteiger charge is 2.24. The topological polar surface area (TPSA) is 355 Å². The number of aryl methyl sites for hydroxylation is 3. The van der Waals surface area contributed by atoms with Crippen LogP contribution in [0, 0.1) is 20.8 Å². The van der Waals surface area contributed by atoms with Gasteiger partial charge in [0.1, 0.15) is 37.9 Å². The van der Waals surface area contributed by atoms with E-state index in [4.69, 9.17) is 0 Å². The van der Waals surface area contributed by atoms with Gasteiger partial charge in [0, 0.05) is 11.1 Å². The lowest BCUT2D eigenvalue weighted by molar-refractivity contribution is -0.105. The van der Waals surface area contributed by atoms with E-state index < -0.39 is 68.0 Å². The van der Waals surface area contributed by atoms with Crippen molar-refractivity contribution in [2.45, 2.75) is 35.5 Å². The molecule has 0 radical (unpaired) electrons. The van der Waals surface area contributed by atoms with Gasteiger partial charge in [-0.15, -0.1) is 25.2 Å². The lowest BCUT2D eigenvalue weighted by atomic mass is 10.1. The minimum atomic E-state index is -4.95. The summed E-state index contributed by atoms with van der Waals surface area (Å²) in [5.41, 5.74) is 1.27. The highest BCUT2D eigenvalue weighted by Crippen LogP contribution is 2.43. The van der Waals surface area contributed by atoms with Crippen LogP contribution in [-0.2, 0) is 35.1 Å². The van der Waals surface area contributed by atoms with Crippen LogP contribution in [0.2, 0.25) is 0 Å². The quantitative estimate of drug-likeness (QED) is 0.0358. The number of fused-ring (bicyclic) bond motifs is 2. The van der Waals surface area contributed by atoms with Crippen molar-refractivity contribution >= 4 is 104 Å². The fourth-order valence-corrected chi connectivity index (χ4v) is 8.07. The number of aromatic carboxylic acids is 1. The lowest BCUT2D eigenvalue weighted by Crippen LogP contribution is -2.10. The molecule has 0 bridgehead atoms. The summed E-state index contributed by atoms with van der Waals surface area (Å²) in [5, 5.41) is 56.6. The largest absolute Gasteiger partial charge is 0.505 e. The zero-order valence-corrected chi connectivity index (χ0v) is 35.9. The molecule has 7 rings (SSSR count). The van der Waals surface area contributed by atoms with E-state index in [0.717, 1.165) is 41.2 Å². The Labute approximate surface area is 366 Å². The Morgan fingerprint density at radius 1 is 0.631 bits per heavy atom. The number of phenolic OH excluding ortho intramolecular Hbond substituents is 1. The van der Waals surface area contributed by atoms with Crippen LogP contribution in [-0.4, -0.2) is 76.5 Å². The molecule has 0 atom stereocenters. The monoisotopic (exact) mass is 942 g/mol. The van der Waals surface area contributed by atoms with Crippen LogP contribution in [0.4, 0.5) is 39.8 Å². The Morgan fingerprint density at radius 3 is 1.83 bits per heavy atom. The molecule has 0 saturated carbocycles. The van der Waals surface area contributed by atoms with Crippen LogP contribution in [0.25, 0.3) is 27.5 Å². The second-order valence-corrected chi connectivity index (χ2v) is 18.2. The zero-order chi connectivity index (χ0) is 47.2. The molecule has 0 unspecified atom stereocenters. The minimum Gasteiger partial charge on any atom is -0.505 e. The summed E-state index contributed by atoms with van der Waals surface area (Å²) >= 11 is 0. The SMILES string of the molecule is Cc1cc(N=Nc2c(S(=O)(=O)O)cc3cc(NC=O)ccc3c2O)c(C)cc1N=Nc1ccc(N=Nc2cc3nn(-c4cc(S(=O)(=O)O)ccc4C(=O)O)nc3cc2S(=O)(=O)O)c(C)c1. The number of hydrogen-bond donors (Lipinski definition) is 6. The first-order chi connectivity index (χ1) is 30.5. The molecule has 0 spiro atoms. The van der Waals surface area contributed by atoms with Gasteiger partial charge in [0.2, 0.25) is 6.41 Å². The van der Waals surface area contributed by atoms with Crippen molar-refractivity contribution < 1.29 is 58.7 Å². The number of hydrogen-bond acceptors (Lipinski definition) is 17. The molecule has 0 aliphatic rings. The number of anilines is 1. The van der Waals surface area contributed by atoms with Gasteiger partial charge in [-0.3, -0.25) is 18.5 Å². The maximum Gasteiger partial charge on any atom is 0.337 e. The fraction of sp³-hybridized carbons (Fsp3) is 0.0769. The molecule has 6 aromatic carbocycles. The van der Waals surface area contributed by atoms with E-state index in [1.165, 1.54) is 30.3 Å². The maximum atomic E-state index is 12.4. The van der Waals surface area contributed by atoms with Crippen LogP contribution in [0.15, 0.2) is 130 Å². The van der Waals surface area contributed by atoms with E-state index in [-0.39, 0.29) is 44.6 Å². The number of carboxylic acid groups (broad SMARTS) is 1. The number of aromatic nitrogens is 3. The molecule has 1 aromatic heterocycles. The van der Waals surface area contributed by atoms with Crippen molar-refractivity contribution in [1.29, 1.82) is 0 Å². The van der Waals surface area contributed by atoms with Gasteiger partial charge in [0.25, 0.3) is 30.4 Å². The first-order valence-electron chi connectivity index (χ1n) is 18.2. The number of phenols is 1. The Morgan fingerprint density at radius 2 is 1.23 bits per heavy atom. The maximum absolute atomic E-state index is 12.4. The number of nitrogens with zero attached hydrogens (tertiary/aromatic N) is 9. The van der Waals surface area contributed by atoms with Crippen molar-refractivity contribution in [3.63, 3.8) is 0 Å². The first kappa shape index (κ1) is 45.3. The second kappa shape index (κ2) is 17.1. The molecule has 7 aromatic rings. The van der Waals surface area contributed by atoms with Crippen LogP contribution >= 0.6 is 0 Å². The number of benzene rings is 6. The summed E-state index contributed by atoms with van der Waals surface area (Å²) in [7, 11) is -14.6. The molecule has 1 heterocycles. The van der Waals surface area contributed by atoms with Gasteiger partial charge in [-0.05, 0) is 128 Å². The van der Waals surface area contributed by atoms with Crippen LogP contribution in [0.5, 0.6) is 5.75 Å². The molecule has 0 aliphatic heterocycles. The molecule has 0 saturated heterocycles. The smallest absolute Gasteiger partial charge is 0.337 e. The predicted octanol–water partition coefficient (Wildman–Crippen LogP) is 8.46. The first-order valence-corrected chi connectivity index (χ1v) is 22.5. The van der Waals surface area contributed by atoms with E-state index in [1.807, 2.05) is 0 Å². The molecule has 23 nitrogen and oxygen atoms in total. The van der Waals surface area contributed by atoms with E-state index in [1.54, 1.807) is 39.0 Å². The second-order valence-electron chi connectivity index (χ2n) is 14.0. The molecule has 0 aliphatic carbocycles. The lowest BCUT2D eigenvalue weighted by Gasteiger charge is -2.10. The molecule has 65 heavy (non-hydrogen) atoms. The van der Waals surface area contributed by atoms with E-state index in [2.05, 4.69) is 46.2 Å². The van der Waals surface area contributed by atoms with E-state index in [0.29, 0.717) is 40.2 Å². The number of rotatable bonds is 13. The standard InChI is InChI=1S/C39H30N10O13S3/c1-19-10-24(41-43-29-11-21(3)30(12-20(29)2)44-46-37-36(65(60,61)62)14-22-13-23(40-18-50)4-7-26(22)38(37)51)5-9-28(19)42-45-33-16-31-32(17-35(33)64(57,58)59)48-49(47-31)34-15-25(63(54,55)56)6-8-27(34)39(52)53/h4-18,51H,1-3H3,(H,40,50)(H,52,53)(H,54,55,56)(H,57,58,59)(H,60,61,62). The van der Waals surface area contributed by atoms with Gasteiger partial charge < -0.3 is 15.5 Å². The highest BCUT2D eigenvalue weighted by molar-refractivity contribution is 7.86. The average Bonchev–Trinajstić information content (AvgIpc) is 3.65. The zero-order valence-electron chi connectivity index (χ0n) is 33.4. The Kier molecular flexibility index (Phi) is 11.9. The Bertz CT molecular complexity index is 3610. The molecule has 332 valence electrons. The molecule has 26 heteroatoms. The molecular formula is C39H30N10O13S3. The number of carbonyl (C=O) groups excluding carboxylic acids is 1. The Balaban J connectivity index is 1.14. The van der Waals surface area contributed by atoms with Crippen molar-refractivity contribution in [2.75, 3.05) is 5.32 Å². The number of aromatic hydroxyl groups is 1. The summed E-state index contributed by atoms with van der Waals surface area (Å²) in [5.74, 6) is -2.07. The van der Waals surface area contributed by atoms with Gasteiger partial charge >= 0.3 is 5.97 Å². The molecule has 1 amide bonds. The Hall–Kier alpha value is -7.75. The third kappa shape index (κ3) is 9.61. The van der Waals surface area contributed by atoms with Crippen molar-refractivity contribution in [1.82, 2.24) is 15.0 Å². The molecular weight excluding hydrogens is 913 g/mol. The third-order valence-corrected chi connectivity index (χ3v) is 12.1. The van der Waals surface area contributed by atoms with Crippen LogP contribution < -0.4 is 5.32 Å².